The van der Waals surface area contributed by atoms with Crippen LogP contribution >= 0.6 is 15.9 Å². The molecule has 0 saturated carbocycles. The Hall–Kier alpha value is -1.47. The Morgan fingerprint density at radius 1 is 1.38 bits per heavy atom. The number of diazo groups is 1. The third kappa shape index (κ3) is 1.38. The van der Waals surface area contributed by atoms with E-state index in [0.717, 1.165) is 9.86 Å². The maximum atomic E-state index is 8.68. The number of hydrogen-bond donors (Lipinski definition) is 0. The molecule has 0 amide bonds. The molecule has 0 radical (unpaired) electrons. The number of rotatable bonds is 0. The molecule has 0 aliphatic heterocycles. The minimum Gasteiger partial charge on any atom is -0.247 e. The van der Waals surface area contributed by atoms with E-state index in [-0.39, 0.29) is 0 Å². The van der Waals surface area contributed by atoms with E-state index in [1.54, 1.807) is 12.3 Å². The molecule has 0 aliphatic rings. The van der Waals surface area contributed by atoms with Crippen LogP contribution in [0.15, 0.2) is 34.9 Å². The molecular formula is C9H5BrN3+. The van der Waals surface area contributed by atoms with Gasteiger partial charge in [0.15, 0.2) is 10.5 Å². The smallest absolute Gasteiger partial charge is 0.247 e. The molecule has 2 rings (SSSR count). The molecular weight excluding hydrogens is 230 g/mol. The number of halogens is 1. The van der Waals surface area contributed by atoms with Gasteiger partial charge in [-0.05, 0) is 22.0 Å². The normalized spacial score (nSPS) is 9.85. The van der Waals surface area contributed by atoms with Crippen molar-refractivity contribution < 1.29 is 0 Å². The molecule has 2 aromatic rings. The number of aromatic nitrogens is 1. The van der Waals surface area contributed by atoms with Gasteiger partial charge in [0.1, 0.15) is 0 Å². The van der Waals surface area contributed by atoms with Gasteiger partial charge in [0.25, 0.3) is 0 Å². The molecule has 0 bridgehead atoms. The van der Waals surface area contributed by atoms with Gasteiger partial charge in [-0.1, -0.05) is 12.1 Å². The third-order valence-electron chi connectivity index (χ3n) is 1.76. The molecule has 0 aliphatic carbocycles. The third-order valence-corrected chi connectivity index (χ3v) is 2.20. The monoisotopic (exact) mass is 234 g/mol. The van der Waals surface area contributed by atoms with Gasteiger partial charge in [-0.15, -0.1) is 0 Å². The van der Waals surface area contributed by atoms with Crippen LogP contribution in [0.3, 0.4) is 0 Å². The maximum Gasteiger partial charge on any atom is 0.410 e. The predicted molar refractivity (Wildman–Crippen MR) is 54.2 cm³/mol. The molecule has 0 unspecified atom stereocenters. The number of pyridine rings is 1. The first kappa shape index (κ1) is 8.14. The van der Waals surface area contributed by atoms with Crippen molar-refractivity contribution in [1.82, 2.24) is 4.98 Å². The highest BCUT2D eigenvalue weighted by Gasteiger charge is 2.11. The Kier molecular flexibility index (Phi) is 1.95. The van der Waals surface area contributed by atoms with Crippen molar-refractivity contribution in [3.63, 3.8) is 0 Å². The first-order valence-corrected chi connectivity index (χ1v) is 4.50. The predicted octanol–water partition coefficient (Wildman–Crippen LogP) is 3.48. The first-order chi connectivity index (χ1) is 6.31. The van der Waals surface area contributed by atoms with Crippen LogP contribution in [-0.2, 0) is 0 Å². The van der Waals surface area contributed by atoms with E-state index >= 15 is 0 Å². The zero-order valence-electron chi connectivity index (χ0n) is 6.61. The summed E-state index contributed by atoms with van der Waals surface area (Å²) < 4.78 is 0.912. The Bertz CT molecular complexity index is 502. The molecule has 1 heterocycles. The second-order valence-electron chi connectivity index (χ2n) is 2.60. The van der Waals surface area contributed by atoms with E-state index in [0.29, 0.717) is 11.2 Å². The van der Waals surface area contributed by atoms with Crippen LogP contribution < -0.4 is 0 Å². The second-order valence-corrected chi connectivity index (χ2v) is 3.52. The van der Waals surface area contributed by atoms with E-state index in [2.05, 4.69) is 25.9 Å². The molecule has 62 valence electrons. The minimum absolute atomic E-state index is 0.491. The minimum atomic E-state index is 0.491. The zero-order valence-corrected chi connectivity index (χ0v) is 8.19. The van der Waals surface area contributed by atoms with Crippen LogP contribution in [-0.4, -0.2) is 4.98 Å². The molecule has 4 heteroatoms. The molecule has 0 fully saturated rings. The van der Waals surface area contributed by atoms with Gasteiger partial charge >= 0.3 is 5.69 Å². The van der Waals surface area contributed by atoms with Gasteiger partial charge in [0.2, 0.25) is 5.39 Å². The van der Waals surface area contributed by atoms with E-state index in [4.69, 9.17) is 5.39 Å². The summed E-state index contributed by atoms with van der Waals surface area (Å²) in [4.78, 5) is 7.30. The lowest BCUT2D eigenvalue weighted by Crippen LogP contribution is -1.78. The van der Waals surface area contributed by atoms with Crippen molar-refractivity contribution in [2.75, 3.05) is 0 Å². The zero-order chi connectivity index (χ0) is 9.26. The molecule has 0 N–H and O–H groups in total. The summed E-state index contributed by atoms with van der Waals surface area (Å²) in [5.74, 6) is 0. The highest BCUT2D eigenvalue weighted by atomic mass is 79.9. The summed E-state index contributed by atoms with van der Waals surface area (Å²) in [5.41, 5.74) is 1.19. The standard InChI is InChI=1S/C9H5BrN3/c10-7-4-6-2-1-3-8(13-11)9(6)12-5-7/h1-5H/q+1. The fraction of sp³-hybridized carbons (Fsp3) is 0. The van der Waals surface area contributed by atoms with Crippen molar-refractivity contribution in [1.29, 1.82) is 5.39 Å². The average molecular weight is 235 g/mol. The summed E-state index contributed by atoms with van der Waals surface area (Å²) in [6.45, 7) is 0. The van der Waals surface area contributed by atoms with Crippen molar-refractivity contribution in [2.45, 2.75) is 0 Å². The SMILES string of the molecule is N#[N+]c1cccc2cc(Br)cnc12. The van der Waals surface area contributed by atoms with Crippen LogP contribution in [0.25, 0.3) is 15.9 Å². The van der Waals surface area contributed by atoms with E-state index in [9.17, 15) is 0 Å². The van der Waals surface area contributed by atoms with Gasteiger partial charge in [0.05, 0.1) is 0 Å². The molecule has 1 aromatic heterocycles. The quantitative estimate of drug-likeness (QED) is 0.656. The molecule has 13 heavy (non-hydrogen) atoms. The number of benzene rings is 1. The Labute approximate surface area is 83.2 Å². The Morgan fingerprint density at radius 3 is 3.00 bits per heavy atom. The maximum absolute atomic E-state index is 8.68. The van der Waals surface area contributed by atoms with Crippen LogP contribution in [0.5, 0.6) is 0 Å². The van der Waals surface area contributed by atoms with Gasteiger partial charge in [-0.25, -0.2) is 4.98 Å². The van der Waals surface area contributed by atoms with E-state index < -0.39 is 0 Å². The fourth-order valence-electron chi connectivity index (χ4n) is 1.20. The second kappa shape index (κ2) is 3.11. The molecule has 0 spiro atoms. The van der Waals surface area contributed by atoms with Crippen molar-refractivity contribution in [3.05, 3.63) is 39.9 Å². The number of nitrogens with zero attached hydrogens (tertiary/aromatic N) is 3. The van der Waals surface area contributed by atoms with Gasteiger partial charge in [-0.2, -0.15) is 0 Å². The van der Waals surface area contributed by atoms with Gasteiger partial charge < -0.3 is 0 Å². The van der Waals surface area contributed by atoms with Crippen molar-refractivity contribution >= 4 is 32.5 Å². The average Bonchev–Trinajstić information content (AvgIpc) is 2.16. The molecule has 0 atom stereocenters. The largest absolute Gasteiger partial charge is 0.410 e. The van der Waals surface area contributed by atoms with Gasteiger partial charge in [0, 0.05) is 22.1 Å². The summed E-state index contributed by atoms with van der Waals surface area (Å²) >= 11 is 3.32. The summed E-state index contributed by atoms with van der Waals surface area (Å²) in [6.07, 6.45) is 1.68. The van der Waals surface area contributed by atoms with Crippen LogP contribution in [0.1, 0.15) is 0 Å². The van der Waals surface area contributed by atoms with Crippen LogP contribution in [0, 0.1) is 5.39 Å². The molecule has 3 nitrogen and oxygen atoms in total. The highest BCUT2D eigenvalue weighted by Crippen LogP contribution is 2.25. The lowest BCUT2D eigenvalue weighted by atomic mass is 10.2. The van der Waals surface area contributed by atoms with Crippen molar-refractivity contribution in [3.8, 4) is 0 Å². The van der Waals surface area contributed by atoms with Crippen LogP contribution in [0.4, 0.5) is 5.69 Å². The number of para-hydroxylation sites is 1. The molecule has 0 saturated heterocycles. The summed E-state index contributed by atoms with van der Waals surface area (Å²) in [5, 5.41) is 9.63. The lowest BCUT2D eigenvalue weighted by molar-refractivity contribution is 1.38. The Balaban J connectivity index is 2.87. The highest BCUT2D eigenvalue weighted by molar-refractivity contribution is 9.10. The van der Waals surface area contributed by atoms with Gasteiger partial charge in [-0.3, -0.25) is 0 Å². The van der Waals surface area contributed by atoms with Crippen LogP contribution in [0.2, 0.25) is 0 Å². The van der Waals surface area contributed by atoms with Crippen molar-refractivity contribution in [2.24, 2.45) is 0 Å². The molecule has 1 aromatic carbocycles. The number of fused-ring (bicyclic) bond motifs is 1. The Morgan fingerprint density at radius 2 is 2.23 bits per heavy atom. The fourth-order valence-corrected chi connectivity index (χ4v) is 1.55. The summed E-state index contributed by atoms with van der Waals surface area (Å²) in [7, 11) is 0. The topological polar surface area (TPSA) is 41.0 Å². The van der Waals surface area contributed by atoms with E-state index in [1.165, 1.54) is 0 Å². The number of hydrogen-bond acceptors (Lipinski definition) is 2. The van der Waals surface area contributed by atoms with E-state index in [1.807, 2.05) is 18.2 Å². The summed E-state index contributed by atoms with van der Waals surface area (Å²) in [6, 6.07) is 7.38. The first-order valence-electron chi connectivity index (χ1n) is 3.70. The lowest BCUT2D eigenvalue weighted by Gasteiger charge is -1.93.